The van der Waals surface area contributed by atoms with E-state index in [1.165, 1.54) is 6.42 Å². The molecule has 2 nitrogen and oxygen atoms in total. The highest BCUT2D eigenvalue weighted by atomic mass is 16.5. The molecule has 1 aromatic rings. The molecular formula is C12H20O2. The molecule has 0 fully saturated rings. The van der Waals surface area contributed by atoms with Crippen molar-refractivity contribution < 1.29 is 9.47 Å². The van der Waals surface area contributed by atoms with Crippen molar-refractivity contribution in [3.05, 3.63) is 23.8 Å². The molecule has 0 bridgehead atoms. The Labute approximate surface area is 86.9 Å². The van der Waals surface area contributed by atoms with E-state index >= 15 is 0 Å². The second-order valence-corrected chi connectivity index (χ2v) is 3.04. The van der Waals surface area contributed by atoms with E-state index in [2.05, 4.69) is 13.8 Å². The van der Waals surface area contributed by atoms with E-state index in [1.807, 2.05) is 25.1 Å². The Hall–Kier alpha value is -1.18. The minimum Gasteiger partial charge on any atom is -0.497 e. The van der Waals surface area contributed by atoms with Crippen molar-refractivity contribution in [1.82, 2.24) is 0 Å². The predicted molar refractivity (Wildman–Crippen MR) is 60.2 cm³/mol. The quantitative estimate of drug-likeness (QED) is 0.721. The van der Waals surface area contributed by atoms with Gasteiger partial charge in [0.25, 0.3) is 0 Å². The maximum Gasteiger partial charge on any atom is 0.122 e. The van der Waals surface area contributed by atoms with Gasteiger partial charge in [0.15, 0.2) is 0 Å². The molecule has 0 spiro atoms. The Morgan fingerprint density at radius 1 is 1.07 bits per heavy atom. The van der Waals surface area contributed by atoms with E-state index in [9.17, 15) is 0 Å². The summed E-state index contributed by atoms with van der Waals surface area (Å²) in [4.78, 5) is 0. The van der Waals surface area contributed by atoms with Crippen LogP contribution in [0.5, 0.6) is 11.5 Å². The van der Waals surface area contributed by atoms with E-state index in [0.717, 1.165) is 17.1 Å². The molecule has 0 unspecified atom stereocenters. The van der Waals surface area contributed by atoms with Gasteiger partial charge in [0.1, 0.15) is 11.5 Å². The maximum atomic E-state index is 5.09. The van der Waals surface area contributed by atoms with Gasteiger partial charge in [0, 0.05) is 0 Å². The van der Waals surface area contributed by atoms with Crippen molar-refractivity contribution in [2.24, 2.45) is 0 Å². The lowest BCUT2D eigenvalue weighted by molar-refractivity contribution is 0.400. The lowest BCUT2D eigenvalue weighted by atomic mass is 10.2. The van der Waals surface area contributed by atoms with Crippen molar-refractivity contribution in [1.29, 1.82) is 0 Å². The van der Waals surface area contributed by atoms with Crippen LogP contribution in [0.25, 0.3) is 0 Å². The molecule has 0 saturated heterocycles. The fourth-order valence-corrected chi connectivity index (χ4v) is 0.978. The Bertz CT molecular complexity index is 256. The molecule has 0 aliphatic heterocycles. The third-order valence-corrected chi connectivity index (χ3v) is 1.60. The average Bonchev–Trinajstić information content (AvgIpc) is 2.19. The first-order valence-electron chi connectivity index (χ1n) is 4.88. The van der Waals surface area contributed by atoms with Crippen molar-refractivity contribution in [2.75, 3.05) is 14.2 Å². The molecule has 0 amide bonds. The van der Waals surface area contributed by atoms with E-state index in [-0.39, 0.29) is 0 Å². The van der Waals surface area contributed by atoms with E-state index in [0.29, 0.717) is 0 Å². The molecule has 0 atom stereocenters. The highest BCUT2D eigenvalue weighted by molar-refractivity contribution is 5.39. The van der Waals surface area contributed by atoms with Gasteiger partial charge in [-0.3, -0.25) is 0 Å². The van der Waals surface area contributed by atoms with E-state index in [1.54, 1.807) is 14.2 Å². The summed E-state index contributed by atoms with van der Waals surface area (Å²) in [5, 5.41) is 0. The standard InChI is InChI=1S/C9H12O2.C3H8/c1-7-6-8(10-2)4-5-9(7)11-3;1-3-2/h4-6H,1-3H3;3H2,1-2H3. The van der Waals surface area contributed by atoms with Crippen molar-refractivity contribution in [3.63, 3.8) is 0 Å². The second kappa shape index (κ2) is 7.25. The third-order valence-electron chi connectivity index (χ3n) is 1.60. The average molecular weight is 196 g/mol. The molecule has 14 heavy (non-hydrogen) atoms. The van der Waals surface area contributed by atoms with Crippen LogP contribution in [-0.4, -0.2) is 14.2 Å². The number of methoxy groups -OCH3 is 2. The zero-order valence-corrected chi connectivity index (χ0v) is 9.76. The van der Waals surface area contributed by atoms with Crippen LogP contribution in [-0.2, 0) is 0 Å². The molecule has 0 aromatic heterocycles. The summed E-state index contributed by atoms with van der Waals surface area (Å²) in [5.74, 6) is 1.76. The normalized spacial score (nSPS) is 8.64. The largest absolute Gasteiger partial charge is 0.497 e. The molecule has 0 N–H and O–H groups in total. The minimum atomic E-state index is 0.864. The lowest BCUT2D eigenvalue weighted by Gasteiger charge is -2.05. The van der Waals surface area contributed by atoms with Gasteiger partial charge in [-0.2, -0.15) is 0 Å². The van der Waals surface area contributed by atoms with Crippen LogP contribution in [0.2, 0.25) is 0 Å². The number of rotatable bonds is 2. The highest BCUT2D eigenvalue weighted by Gasteiger charge is 1.97. The van der Waals surface area contributed by atoms with Gasteiger partial charge in [0.05, 0.1) is 14.2 Å². The molecular weight excluding hydrogens is 176 g/mol. The number of benzene rings is 1. The fraction of sp³-hybridized carbons (Fsp3) is 0.500. The van der Waals surface area contributed by atoms with Gasteiger partial charge in [-0.25, -0.2) is 0 Å². The maximum absolute atomic E-state index is 5.09. The minimum absolute atomic E-state index is 0.864. The molecule has 0 aliphatic carbocycles. The summed E-state index contributed by atoms with van der Waals surface area (Å²) in [6.07, 6.45) is 1.25. The first-order chi connectivity index (χ1) is 6.69. The van der Waals surface area contributed by atoms with Crippen LogP contribution >= 0.6 is 0 Å². The van der Waals surface area contributed by atoms with Gasteiger partial charge in [0.2, 0.25) is 0 Å². The predicted octanol–water partition coefficient (Wildman–Crippen LogP) is 3.43. The molecule has 0 heterocycles. The fourth-order valence-electron chi connectivity index (χ4n) is 0.978. The monoisotopic (exact) mass is 196 g/mol. The number of hydrogen-bond acceptors (Lipinski definition) is 2. The topological polar surface area (TPSA) is 18.5 Å². The van der Waals surface area contributed by atoms with Gasteiger partial charge in [-0.05, 0) is 30.7 Å². The Balaban J connectivity index is 0.000000500. The summed E-state index contributed by atoms with van der Waals surface area (Å²) >= 11 is 0. The van der Waals surface area contributed by atoms with Crippen LogP contribution in [0, 0.1) is 6.92 Å². The Kier molecular flexibility index (Phi) is 6.63. The lowest BCUT2D eigenvalue weighted by Crippen LogP contribution is -1.88. The summed E-state index contributed by atoms with van der Waals surface area (Å²) in [7, 11) is 3.32. The van der Waals surface area contributed by atoms with Crippen molar-refractivity contribution >= 4 is 0 Å². The SMILES string of the molecule is CCC.COc1ccc(OC)c(C)c1. The van der Waals surface area contributed by atoms with Crippen molar-refractivity contribution in [2.45, 2.75) is 27.2 Å². The van der Waals surface area contributed by atoms with E-state index < -0.39 is 0 Å². The summed E-state index contributed by atoms with van der Waals surface area (Å²) in [6.45, 7) is 6.24. The zero-order chi connectivity index (χ0) is 11.0. The van der Waals surface area contributed by atoms with Gasteiger partial charge in [-0.15, -0.1) is 0 Å². The molecule has 0 saturated carbocycles. The van der Waals surface area contributed by atoms with Gasteiger partial charge in [-0.1, -0.05) is 20.3 Å². The molecule has 1 aromatic carbocycles. The van der Waals surface area contributed by atoms with E-state index in [4.69, 9.17) is 9.47 Å². The Morgan fingerprint density at radius 2 is 1.64 bits per heavy atom. The van der Waals surface area contributed by atoms with Crippen molar-refractivity contribution in [3.8, 4) is 11.5 Å². The number of aryl methyl sites for hydroxylation is 1. The summed E-state index contributed by atoms with van der Waals surface area (Å²) < 4.78 is 10.1. The first-order valence-corrected chi connectivity index (χ1v) is 4.88. The first kappa shape index (κ1) is 12.8. The summed E-state index contributed by atoms with van der Waals surface area (Å²) in [6, 6.07) is 5.72. The third kappa shape index (κ3) is 4.17. The smallest absolute Gasteiger partial charge is 0.122 e. The Morgan fingerprint density at radius 3 is 2.00 bits per heavy atom. The highest BCUT2D eigenvalue weighted by Crippen LogP contribution is 2.22. The van der Waals surface area contributed by atoms with Crippen LogP contribution in [0.4, 0.5) is 0 Å². The van der Waals surface area contributed by atoms with Crippen LogP contribution in [0.1, 0.15) is 25.8 Å². The summed E-state index contributed by atoms with van der Waals surface area (Å²) in [5.41, 5.74) is 1.09. The second-order valence-electron chi connectivity index (χ2n) is 3.04. The number of hydrogen-bond donors (Lipinski definition) is 0. The number of ether oxygens (including phenoxy) is 2. The molecule has 1 rings (SSSR count). The molecule has 2 heteroatoms. The molecule has 80 valence electrons. The molecule has 0 aliphatic rings. The van der Waals surface area contributed by atoms with Gasteiger partial charge >= 0.3 is 0 Å². The van der Waals surface area contributed by atoms with Crippen LogP contribution in [0.15, 0.2) is 18.2 Å². The molecule has 0 radical (unpaired) electrons. The van der Waals surface area contributed by atoms with Crippen LogP contribution < -0.4 is 9.47 Å². The van der Waals surface area contributed by atoms with Gasteiger partial charge < -0.3 is 9.47 Å². The zero-order valence-electron chi connectivity index (χ0n) is 9.76. The van der Waals surface area contributed by atoms with Crippen LogP contribution in [0.3, 0.4) is 0 Å².